The Bertz CT molecular complexity index is 1420. The molecule has 2 aliphatic heterocycles. The van der Waals surface area contributed by atoms with Crippen LogP contribution in [0.25, 0.3) is 10.9 Å². The van der Waals surface area contributed by atoms with Crippen LogP contribution < -0.4 is 26.1 Å². The zero-order chi connectivity index (χ0) is 25.0. The van der Waals surface area contributed by atoms with E-state index >= 15 is 4.39 Å². The molecule has 9 nitrogen and oxygen atoms in total. The van der Waals surface area contributed by atoms with Crippen molar-refractivity contribution >= 4 is 34.1 Å². The number of nitrogen functional groups attached to an aromatic ring is 1. The lowest BCUT2D eigenvalue weighted by Gasteiger charge is -2.40. The van der Waals surface area contributed by atoms with Gasteiger partial charge in [0.25, 0.3) is 0 Å². The summed E-state index contributed by atoms with van der Waals surface area (Å²) in [7, 11) is 1.22. The molecule has 3 N–H and O–H groups in total. The Morgan fingerprint density at radius 2 is 2.14 bits per heavy atom. The highest BCUT2D eigenvalue weighted by Gasteiger charge is 2.44. The average molecular weight is 494 g/mol. The number of anilines is 3. The van der Waals surface area contributed by atoms with Gasteiger partial charge in [-0.3, -0.25) is 4.79 Å². The van der Waals surface area contributed by atoms with Gasteiger partial charge < -0.3 is 30.0 Å². The second kappa shape index (κ2) is 8.39. The van der Waals surface area contributed by atoms with Crippen molar-refractivity contribution < 1.29 is 18.7 Å². The van der Waals surface area contributed by atoms with E-state index in [1.807, 2.05) is 27.7 Å². The van der Waals surface area contributed by atoms with Gasteiger partial charge >= 0.3 is 5.97 Å². The first-order valence-corrected chi connectivity index (χ1v) is 12.3. The molecule has 3 aromatic rings. The summed E-state index contributed by atoms with van der Waals surface area (Å²) >= 11 is 0. The largest absolute Gasteiger partial charge is 0.487 e. The molecule has 36 heavy (non-hydrogen) atoms. The van der Waals surface area contributed by atoms with Crippen LogP contribution >= 0.6 is 0 Å². The number of hydrogen-bond acceptors (Lipinski definition) is 8. The van der Waals surface area contributed by atoms with Gasteiger partial charge in [0.2, 0.25) is 5.43 Å². The SMILES string of the molecule is COC(=O)c1cn2c3c(c(N4CCC(Nc5ccccn5)C4)c(F)c(N)c3c1=O)OCC21CCCC1. The fourth-order valence-electron chi connectivity index (χ4n) is 6.02. The van der Waals surface area contributed by atoms with Gasteiger partial charge in [-0.05, 0) is 31.4 Å². The number of esters is 1. The van der Waals surface area contributed by atoms with E-state index in [1.165, 1.54) is 7.11 Å². The lowest BCUT2D eigenvalue weighted by molar-refractivity contribution is 0.0596. The molecule has 1 aromatic carbocycles. The molecule has 1 unspecified atom stereocenters. The molecule has 0 bridgehead atoms. The summed E-state index contributed by atoms with van der Waals surface area (Å²) in [5, 5.41) is 3.37. The summed E-state index contributed by atoms with van der Waals surface area (Å²) in [6.45, 7) is 1.43. The van der Waals surface area contributed by atoms with Gasteiger partial charge in [-0.2, -0.15) is 0 Å². The van der Waals surface area contributed by atoms with Crippen LogP contribution in [0.5, 0.6) is 5.75 Å². The first-order chi connectivity index (χ1) is 17.4. The fraction of sp³-hybridized carbons (Fsp3) is 0.423. The van der Waals surface area contributed by atoms with Gasteiger partial charge in [-0.25, -0.2) is 14.2 Å². The molecule has 1 saturated carbocycles. The van der Waals surface area contributed by atoms with Gasteiger partial charge in [-0.15, -0.1) is 0 Å². The van der Waals surface area contributed by atoms with Crippen LogP contribution in [0.1, 0.15) is 42.5 Å². The Labute approximate surface area is 207 Å². The van der Waals surface area contributed by atoms with E-state index in [-0.39, 0.29) is 28.4 Å². The lowest BCUT2D eigenvalue weighted by Crippen LogP contribution is -2.42. The number of carbonyl (C=O) groups is 1. The van der Waals surface area contributed by atoms with Crippen LogP contribution in [0.3, 0.4) is 0 Å². The molecule has 6 rings (SSSR count). The summed E-state index contributed by atoms with van der Waals surface area (Å²) in [5.74, 6) is -0.406. The predicted octanol–water partition coefficient (Wildman–Crippen LogP) is 3.26. The van der Waals surface area contributed by atoms with E-state index in [4.69, 9.17) is 15.2 Å². The number of pyridine rings is 2. The van der Waals surface area contributed by atoms with E-state index in [0.717, 1.165) is 37.9 Å². The second-order valence-electron chi connectivity index (χ2n) is 9.87. The molecule has 1 saturated heterocycles. The molecule has 0 amide bonds. The molecule has 2 fully saturated rings. The van der Waals surface area contributed by atoms with Crippen molar-refractivity contribution in [1.82, 2.24) is 9.55 Å². The Hall–Kier alpha value is -3.82. The van der Waals surface area contributed by atoms with E-state index in [9.17, 15) is 9.59 Å². The lowest BCUT2D eigenvalue weighted by atomic mass is 9.93. The number of methoxy groups -OCH3 is 1. The first-order valence-electron chi connectivity index (χ1n) is 12.3. The van der Waals surface area contributed by atoms with Gasteiger partial charge in [0.1, 0.15) is 23.7 Å². The summed E-state index contributed by atoms with van der Waals surface area (Å²) < 4.78 is 29.1. The zero-order valence-electron chi connectivity index (χ0n) is 20.1. The molecule has 2 aromatic heterocycles. The number of nitrogens with one attached hydrogen (secondary N) is 1. The summed E-state index contributed by atoms with van der Waals surface area (Å²) in [6.07, 6.45) is 7.70. The number of carbonyl (C=O) groups excluding carboxylic acids is 1. The van der Waals surface area contributed by atoms with Crippen LogP contribution in [-0.4, -0.2) is 48.4 Å². The molecular weight excluding hydrogens is 465 g/mol. The highest BCUT2D eigenvalue weighted by Crippen LogP contribution is 2.50. The maximum absolute atomic E-state index is 16.0. The number of aromatic nitrogens is 2. The minimum absolute atomic E-state index is 0.0255. The summed E-state index contributed by atoms with van der Waals surface area (Å²) in [4.78, 5) is 32.1. The summed E-state index contributed by atoms with van der Waals surface area (Å²) in [6, 6.07) is 5.70. The van der Waals surface area contributed by atoms with Crippen molar-refractivity contribution in [3.63, 3.8) is 0 Å². The third kappa shape index (κ3) is 3.30. The van der Waals surface area contributed by atoms with Crippen molar-refractivity contribution in [2.45, 2.75) is 43.7 Å². The maximum atomic E-state index is 16.0. The third-order valence-corrected chi connectivity index (χ3v) is 7.81. The Morgan fingerprint density at radius 1 is 1.33 bits per heavy atom. The summed E-state index contributed by atoms with van der Waals surface area (Å²) in [5.41, 5.74) is 5.54. The second-order valence-corrected chi connectivity index (χ2v) is 9.87. The highest BCUT2D eigenvalue weighted by molar-refractivity contribution is 6.04. The molecule has 0 radical (unpaired) electrons. The van der Waals surface area contributed by atoms with Crippen molar-refractivity contribution in [3.05, 3.63) is 52.2 Å². The molecule has 188 valence electrons. The van der Waals surface area contributed by atoms with Crippen molar-refractivity contribution in [2.24, 2.45) is 0 Å². The van der Waals surface area contributed by atoms with E-state index in [1.54, 1.807) is 12.4 Å². The smallest absolute Gasteiger partial charge is 0.343 e. The maximum Gasteiger partial charge on any atom is 0.343 e. The third-order valence-electron chi connectivity index (χ3n) is 7.81. The quantitative estimate of drug-likeness (QED) is 0.421. The monoisotopic (exact) mass is 493 g/mol. The Balaban J connectivity index is 1.51. The van der Waals surface area contributed by atoms with Crippen molar-refractivity contribution in [1.29, 1.82) is 0 Å². The highest BCUT2D eigenvalue weighted by atomic mass is 19.1. The standard InChI is InChI=1S/C26H28FN5O4/c1-35-25(34)16-13-32-21-18(23(16)33)20(28)19(27)22(24(21)36-14-26(32)8-3-4-9-26)31-11-7-15(12-31)30-17-6-2-5-10-29-17/h2,5-6,10,13,15H,3-4,7-9,11-12,14,28H2,1H3,(H,29,30). The molecule has 1 aliphatic carbocycles. The number of benzene rings is 1. The van der Waals surface area contributed by atoms with Gasteiger partial charge in [0, 0.05) is 31.5 Å². The topological polar surface area (TPSA) is 112 Å². The number of hydrogen-bond donors (Lipinski definition) is 2. The zero-order valence-corrected chi connectivity index (χ0v) is 20.1. The van der Waals surface area contributed by atoms with Crippen LogP contribution in [0.15, 0.2) is 35.4 Å². The van der Waals surface area contributed by atoms with Crippen molar-refractivity contribution in [3.8, 4) is 5.75 Å². The molecular formula is C26H28FN5O4. The number of rotatable bonds is 4. The van der Waals surface area contributed by atoms with Gasteiger partial charge in [0.05, 0.1) is 29.2 Å². The number of fused-ring (bicyclic) bond motifs is 1. The average Bonchev–Trinajstić information content (AvgIpc) is 3.55. The van der Waals surface area contributed by atoms with E-state index in [0.29, 0.717) is 31.0 Å². The van der Waals surface area contributed by atoms with Gasteiger partial charge in [0.15, 0.2) is 11.6 Å². The van der Waals surface area contributed by atoms with Crippen LogP contribution in [-0.2, 0) is 10.3 Å². The van der Waals surface area contributed by atoms with Gasteiger partial charge in [-0.1, -0.05) is 18.9 Å². The van der Waals surface area contributed by atoms with E-state index in [2.05, 4.69) is 10.3 Å². The van der Waals surface area contributed by atoms with Crippen molar-refractivity contribution in [2.75, 3.05) is 42.8 Å². The predicted molar refractivity (Wildman–Crippen MR) is 134 cm³/mol. The Kier molecular flexibility index (Phi) is 5.27. The minimum Gasteiger partial charge on any atom is -0.487 e. The van der Waals surface area contributed by atoms with Crippen LogP contribution in [0, 0.1) is 5.82 Å². The number of halogens is 1. The first kappa shape index (κ1) is 22.6. The number of nitrogens with two attached hydrogens (primary N) is 1. The fourth-order valence-corrected chi connectivity index (χ4v) is 6.02. The number of nitrogens with zero attached hydrogens (tertiary/aromatic N) is 3. The number of ether oxygens (including phenoxy) is 2. The molecule has 1 atom stereocenters. The van der Waals surface area contributed by atoms with Crippen LogP contribution in [0.4, 0.5) is 21.6 Å². The minimum atomic E-state index is -0.765. The Morgan fingerprint density at radius 3 is 2.86 bits per heavy atom. The molecule has 4 heterocycles. The van der Waals surface area contributed by atoms with E-state index < -0.39 is 22.8 Å². The normalized spacial score (nSPS) is 20.1. The molecule has 1 spiro atoms. The molecule has 3 aliphatic rings. The molecule has 10 heteroatoms. The van der Waals surface area contributed by atoms with Crippen LogP contribution in [0.2, 0.25) is 0 Å².